The average Bonchev–Trinajstić information content (AvgIpc) is 2.17. The third kappa shape index (κ3) is 4.20. The summed E-state index contributed by atoms with van der Waals surface area (Å²) in [6.07, 6.45) is 4.80. The third-order valence-corrected chi connectivity index (χ3v) is 3.05. The second kappa shape index (κ2) is 6.11. The van der Waals surface area contributed by atoms with Gasteiger partial charge in [0.1, 0.15) is 0 Å². The van der Waals surface area contributed by atoms with Crippen molar-refractivity contribution >= 4 is 5.97 Å². The van der Waals surface area contributed by atoms with E-state index in [1.165, 1.54) is 0 Å². The molecule has 0 saturated heterocycles. The molecule has 2 unspecified atom stereocenters. The minimum absolute atomic E-state index is 0.0463. The van der Waals surface area contributed by atoms with Gasteiger partial charge in [-0.3, -0.25) is 4.79 Å². The molecule has 2 atom stereocenters. The van der Waals surface area contributed by atoms with Crippen molar-refractivity contribution in [2.75, 3.05) is 6.61 Å². The highest BCUT2D eigenvalue weighted by molar-refractivity contribution is 5.70. The zero-order valence-corrected chi connectivity index (χ0v) is 9.74. The second-order valence-corrected chi connectivity index (χ2v) is 4.82. The number of carboxylic acids is 1. The van der Waals surface area contributed by atoms with Crippen LogP contribution in [0.15, 0.2) is 0 Å². The molecule has 1 N–H and O–H groups in total. The Morgan fingerprint density at radius 1 is 1.40 bits per heavy atom. The Morgan fingerprint density at radius 2 is 2.07 bits per heavy atom. The number of carboxylic acid groups (broad SMARTS) is 1. The van der Waals surface area contributed by atoms with Gasteiger partial charge in [-0.25, -0.2) is 0 Å². The van der Waals surface area contributed by atoms with Gasteiger partial charge in [0.25, 0.3) is 0 Å². The van der Waals surface area contributed by atoms with Gasteiger partial charge in [0, 0.05) is 6.61 Å². The van der Waals surface area contributed by atoms with E-state index in [0.717, 1.165) is 32.1 Å². The number of hydrogen-bond donors (Lipinski definition) is 1. The van der Waals surface area contributed by atoms with Crippen LogP contribution in [0.25, 0.3) is 0 Å². The molecule has 0 aromatic heterocycles. The summed E-state index contributed by atoms with van der Waals surface area (Å²) >= 11 is 0. The summed E-state index contributed by atoms with van der Waals surface area (Å²) in [5, 5.41) is 9.04. The van der Waals surface area contributed by atoms with E-state index in [1.807, 2.05) is 0 Å². The Bertz CT molecular complexity index is 201. The van der Waals surface area contributed by atoms with Crippen molar-refractivity contribution in [1.29, 1.82) is 0 Å². The van der Waals surface area contributed by atoms with E-state index in [0.29, 0.717) is 12.5 Å². The van der Waals surface area contributed by atoms with Crippen LogP contribution in [0.4, 0.5) is 0 Å². The van der Waals surface area contributed by atoms with Crippen LogP contribution in [-0.4, -0.2) is 23.8 Å². The molecule has 0 spiro atoms. The summed E-state index contributed by atoms with van der Waals surface area (Å²) in [6.45, 7) is 5.00. The van der Waals surface area contributed by atoms with Crippen molar-refractivity contribution in [3.63, 3.8) is 0 Å². The Morgan fingerprint density at radius 3 is 2.67 bits per heavy atom. The molecule has 0 aromatic rings. The number of carbonyl (C=O) groups is 1. The molecule has 3 nitrogen and oxygen atoms in total. The predicted molar refractivity (Wildman–Crippen MR) is 58.8 cm³/mol. The van der Waals surface area contributed by atoms with E-state index in [1.54, 1.807) is 0 Å². The largest absolute Gasteiger partial charge is 0.481 e. The van der Waals surface area contributed by atoms with Crippen LogP contribution < -0.4 is 0 Å². The highest BCUT2D eigenvalue weighted by atomic mass is 16.5. The van der Waals surface area contributed by atoms with Crippen LogP contribution >= 0.6 is 0 Å². The lowest BCUT2D eigenvalue weighted by Crippen LogP contribution is -2.33. The van der Waals surface area contributed by atoms with Crippen LogP contribution in [0.5, 0.6) is 0 Å². The molecule has 3 heteroatoms. The van der Waals surface area contributed by atoms with Crippen LogP contribution in [0.2, 0.25) is 0 Å². The Labute approximate surface area is 91.8 Å². The molecular formula is C12H22O3. The molecule has 15 heavy (non-hydrogen) atoms. The lowest BCUT2D eigenvalue weighted by atomic mass is 9.86. The molecule has 0 aliphatic heterocycles. The van der Waals surface area contributed by atoms with Crippen molar-refractivity contribution in [2.24, 2.45) is 11.8 Å². The maximum absolute atomic E-state index is 11.0. The summed E-state index contributed by atoms with van der Waals surface area (Å²) < 4.78 is 5.69. The van der Waals surface area contributed by atoms with Crippen molar-refractivity contribution in [2.45, 2.75) is 52.1 Å². The lowest BCUT2D eigenvalue weighted by molar-refractivity contribution is -0.149. The number of ether oxygens (including phenoxy) is 1. The van der Waals surface area contributed by atoms with Crippen molar-refractivity contribution in [1.82, 2.24) is 0 Å². The summed E-state index contributed by atoms with van der Waals surface area (Å²) in [5.74, 6) is -0.341. The summed E-state index contributed by atoms with van der Waals surface area (Å²) in [5.41, 5.74) is 0. The standard InChI is InChI=1S/C12H22O3/c1-9(2)7-8-15-11-6-4-3-5-10(11)12(13)14/h9-11H,3-8H2,1-2H3,(H,13,14). The SMILES string of the molecule is CC(C)CCOC1CCCCC1C(=O)O. The van der Waals surface area contributed by atoms with Crippen LogP contribution in [0.1, 0.15) is 46.0 Å². The van der Waals surface area contributed by atoms with Gasteiger partial charge in [-0.05, 0) is 25.2 Å². The first kappa shape index (κ1) is 12.5. The predicted octanol–water partition coefficient (Wildman–Crippen LogP) is 2.69. The van der Waals surface area contributed by atoms with E-state index in [-0.39, 0.29) is 12.0 Å². The minimum Gasteiger partial charge on any atom is -0.481 e. The minimum atomic E-state index is -0.691. The first-order valence-corrected chi connectivity index (χ1v) is 5.95. The number of rotatable bonds is 5. The first-order chi connectivity index (χ1) is 7.11. The zero-order chi connectivity index (χ0) is 11.3. The zero-order valence-electron chi connectivity index (χ0n) is 9.74. The van der Waals surface area contributed by atoms with Gasteiger partial charge in [-0.15, -0.1) is 0 Å². The molecule has 1 fully saturated rings. The molecule has 0 amide bonds. The van der Waals surface area contributed by atoms with E-state index >= 15 is 0 Å². The maximum atomic E-state index is 11.0. The van der Waals surface area contributed by atoms with Crippen LogP contribution in [0.3, 0.4) is 0 Å². The lowest BCUT2D eigenvalue weighted by Gasteiger charge is -2.28. The fourth-order valence-corrected chi connectivity index (χ4v) is 2.03. The van der Waals surface area contributed by atoms with E-state index in [4.69, 9.17) is 9.84 Å². The van der Waals surface area contributed by atoms with Gasteiger partial charge in [0.15, 0.2) is 0 Å². The number of aliphatic carboxylic acids is 1. The summed E-state index contributed by atoms with van der Waals surface area (Å²) in [6, 6.07) is 0. The quantitative estimate of drug-likeness (QED) is 0.765. The third-order valence-electron chi connectivity index (χ3n) is 3.05. The van der Waals surface area contributed by atoms with Crippen molar-refractivity contribution < 1.29 is 14.6 Å². The van der Waals surface area contributed by atoms with Crippen molar-refractivity contribution in [3.05, 3.63) is 0 Å². The van der Waals surface area contributed by atoms with Gasteiger partial charge in [0.2, 0.25) is 0 Å². The molecular weight excluding hydrogens is 192 g/mol. The number of hydrogen-bond acceptors (Lipinski definition) is 2. The highest BCUT2D eigenvalue weighted by Gasteiger charge is 2.31. The molecule has 1 rings (SSSR count). The van der Waals surface area contributed by atoms with E-state index in [2.05, 4.69) is 13.8 Å². The topological polar surface area (TPSA) is 46.5 Å². The molecule has 0 aromatic carbocycles. The van der Waals surface area contributed by atoms with E-state index in [9.17, 15) is 4.79 Å². The highest BCUT2D eigenvalue weighted by Crippen LogP contribution is 2.27. The van der Waals surface area contributed by atoms with Crippen LogP contribution in [-0.2, 0) is 9.53 Å². The van der Waals surface area contributed by atoms with Gasteiger partial charge in [-0.1, -0.05) is 26.7 Å². The molecule has 1 saturated carbocycles. The second-order valence-electron chi connectivity index (χ2n) is 4.82. The van der Waals surface area contributed by atoms with Gasteiger partial charge < -0.3 is 9.84 Å². The summed E-state index contributed by atoms with van der Waals surface area (Å²) in [7, 11) is 0. The Hall–Kier alpha value is -0.570. The average molecular weight is 214 g/mol. The fourth-order valence-electron chi connectivity index (χ4n) is 2.03. The van der Waals surface area contributed by atoms with Gasteiger partial charge >= 0.3 is 5.97 Å². The molecule has 0 radical (unpaired) electrons. The first-order valence-electron chi connectivity index (χ1n) is 5.95. The van der Waals surface area contributed by atoms with Crippen molar-refractivity contribution in [3.8, 4) is 0 Å². The fraction of sp³-hybridized carbons (Fsp3) is 0.917. The van der Waals surface area contributed by atoms with Gasteiger partial charge in [-0.2, -0.15) is 0 Å². The monoisotopic (exact) mass is 214 g/mol. The Balaban J connectivity index is 2.33. The van der Waals surface area contributed by atoms with E-state index < -0.39 is 5.97 Å². The smallest absolute Gasteiger partial charge is 0.309 e. The normalized spacial score (nSPS) is 26.9. The molecule has 0 heterocycles. The van der Waals surface area contributed by atoms with Gasteiger partial charge in [0.05, 0.1) is 12.0 Å². The molecule has 88 valence electrons. The molecule has 0 bridgehead atoms. The van der Waals surface area contributed by atoms with Crippen LogP contribution in [0, 0.1) is 11.8 Å². The summed E-state index contributed by atoms with van der Waals surface area (Å²) in [4.78, 5) is 11.0. The molecule has 1 aliphatic carbocycles. The maximum Gasteiger partial charge on any atom is 0.309 e. The molecule has 1 aliphatic rings. The Kier molecular flexibility index (Phi) is 5.09.